The molecule has 1 saturated heterocycles. The van der Waals surface area contributed by atoms with E-state index in [9.17, 15) is 14.7 Å². The molecule has 4 heterocycles. The molecule has 1 atom stereocenters. The summed E-state index contributed by atoms with van der Waals surface area (Å²) < 4.78 is 5.82. The molecular formula is C27H34ClN9O4. The van der Waals surface area contributed by atoms with Gasteiger partial charge in [0, 0.05) is 58.3 Å². The van der Waals surface area contributed by atoms with Crippen molar-refractivity contribution < 1.29 is 19.4 Å². The number of fused-ring (bicyclic) bond motifs is 1. The Labute approximate surface area is 242 Å². The SMILES string of the molecule is CC(=O)N1CCC(Nc2cc(C(=O)NC[C@H](O)CN3CCc4c(ccc(OCc5cnn[nH]5)c4Cl)C3)ncn2)CC1. The normalized spacial score (nSPS) is 16.6. The van der Waals surface area contributed by atoms with Crippen LogP contribution >= 0.6 is 11.6 Å². The highest BCUT2D eigenvalue weighted by molar-refractivity contribution is 6.33. The molecule has 3 aromatic rings. The van der Waals surface area contributed by atoms with Crippen molar-refractivity contribution in [3.63, 3.8) is 0 Å². The fraction of sp³-hybridized carbons (Fsp3) is 0.481. The van der Waals surface area contributed by atoms with Crippen molar-refractivity contribution in [1.29, 1.82) is 0 Å². The molecule has 218 valence electrons. The number of halogens is 1. The number of anilines is 1. The number of aliphatic hydroxyl groups is 1. The van der Waals surface area contributed by atoms with E-state index in [-0.39, 0.29) is 30.1 Å². The molecule has 1 fully saturated rings. The van der Waals surface area contributed by atoms with Crippen LogP contribution in [0.1, 0.15) is 47.1 Å². The van der Waals surface area contributed by atoms with Gasteiger partial charge in [0.25, 0.3) is 5.91 Å². The lowest BCUT2D eigenvalue weighted by Crippen LogP contribution is -2.42. The van der Waals surface area contributed by atoms with Gasteiger partial charge in [-0.05, 0) is 36.5 Å². The van der Waals surface area contributed by atoms with Gasteiger partial charge in [-0.2, -0.15) is 0 Å². The van der Waals surface area contributed by atoms with Crippen LogP contribution < -0.4 is 15.4 Å². The third-order valence-electron chi connectivity index (χ3n) is 7.38. The summed E-state index contributed by atoms with van der Waals surface area (Å²) in [6, 6.07) is 5.62. The predicted molar refractivity (Wildman–Crippen MR) is 150 cm³/mol. The fourth-order valence-corrected chi connectivity index (χ4v) is 5.47. The standard InChI is InChI=1S/C27H34ClN9O4/c1-17(38)37-8-4-19(5-9-37)33-25-10-23(30-16-31-25)27(40)29-12-21(39)14-36-7-6-22-18(13-36)2-3-24(26(22)28)41-15-20-11-32-35-34-20/h2-3,10-11,16,19,21,39H,4-9,12-15H2,1H3,(H,29,40)(H,30,31,33)(H,32,34,35)/t21-/m0/s1. The first-order valence-corrected chi connectivity index (χ1v) is 14.0. The number of aromatic amines is 1. The number of H-pyrrole nitrogens is 1. The lowest BCUT2D eigenvalue weighted by Gasteiger charge is -2.32. The van der Waals surface area contributed by atoms with Gasteiger partial charge in [-0.15, -0.1) is 5.10 Å². The number of carbonyl (C=O) groups is 2. The number of β-amino-alcohol motifs (C(OH)–C–C–N with tert-alkyl or cyclic N) is 1. The van der Waals surface area contributed by atoms with Crippen LogP contribution in [0.15, 0.2) is 30.7 Å². The van der Waals surface area contributed by atoms with Crippen LogP contribution in [0.3, 0.4) is 0 Å². The third-order valence-corrected chi connectivity index (χ3v) is 7.80. The number of likely N-dealkylation sites (tertiary alicyclic amines) is 1. The summed E-state index contributed by atoms with van der Waals surface area (Å²) in [6.07, 6.45) is 4.53. The van der Waals surface area contributed by atoms with Crippen molar-refractivity contribution in [2.24, 2.45) is 0 Å². The molecule has 2 aliphatic heterocycles. The largest absolute Gasteiger partial charge is 0.486 e. The van der Waals surface area contributed by atoms with Gasteiger partial charge < -0.3 is 25.4 Å². The zero-order valence-electron chi connectivity index (χ0n) is 22.8. The Kier molecular flexibility index (Phi) is 9.27. The minimum Gasteiger partial charge on any atom is -0.486 e. The molecule has 1 aromatic carbocycles. The minimum absolute atomic E-state index is 0.0844. The van der Waals surface area contributed by atoms with Gasteiger partial charge in [-0.3, -0.25) is 19.6 Å². The topological polar surface area (TPSA) is 161 Å². The van der Waals surface area contributed by atoms with Crippen molar-refractivity contribution in [3.8, 4) is 5.75 Å². The van der Waals surface area contributed by atoms with Gasteiger partial charge in [-0.25, -0.2) is 9.97 Å². The van der Waals surface area contributed by atoms with Crippen molar-refractivity contribution in [1.82, 2.24) is 40.5 Å². The van der Waals surface area contributed by atoms with E-state index < -0.39 is 6.10 Å². The number of hydrogen-bond donors (Lipinski definition) is 4. The summed E-state index contributed by atoms with van der Waals surface area (Å²) in [5.74, 6) is 0.873. The number of hydrogen-bond acceptors (Lipinski definition) is 10. The first-order valence-electron chi connectivity index (χ1n) is 13.7. The second-order valence-electron chi connectivity index (χ2n) is 10.3. The van der Waals surface area contributed by atoms with Gasteiger partial charge in [0.15, 0.2) is 0 Å². The number of rotatable bonds is 10. The monoisotopic (exact) mass is 583 g/mol. The van der Waals surface area contributed by atoms with Gasteiger partial charge >= 0.3 is 0 Å². The molecule has 0 radical (unpaired) electrons. The van der Waals surface area contributed by atoms with Crippen LogP contribution in [0, 0.1) is 0 Å². The molecule has 14 heteroatoms. The Hall–Kier alpha value is -3.81. The molecular weight excluding hydrogens is 550 g/mol. The van der Waals surface area contributed by atoms with E-state index in [1.807, 2.05) is 17.0 Å². The number of aliphatic hydroxyl groups excluding tert-OH is 1. The molecule has 13 nitrogen and oxygen atoms in total. The van der Waals surface area contributed by atoms with E-state index >= 15 is 0 Å². The lowest BCUT2D eigenvalue weighted by molar-refractivity contribution is -0.129. The minimum atomic E-state index is -0.757. The lowest BCUT2D eigenvalue weighted by atomic mass is 9.99. The number of carbonyl (C=O) groups excluding carboxylic acids is 2. The number of nitrogens with zero attached hydrogens (tertiary/aromatic N) is 6. The zero-order chi connectivity index (χ0) is 28.8. The number of benzene rings is 1. The molecule has 4 N–H and O–H groups in total. The zero-order valence-corrected chi connectivity index (χ0v) is 23.6. The number of ether oxygens (including phenoxy) is 1. The molecule has 2 amide bonds. The van der Waals surface area contributed by atoms with E-state index in [0.717, 1.165) is 42.6 Å². The molecule has 2 aromatic heterocycles. The molecule has 5 rings (SSSR count). The average molecular weight is 584 g/mol. The Morgan fingerprint density at radius 3 is 2.83 bits per heavy atom. The number of piperidine rings is 1. The van der Waals surface area contributed by atoms with Gasteiger partial charge in [0.1, 0.15) is 30.2 Å². The molecule has 41 heavy (non-hydrogen) atoms. The van der Waals surface area contributed by atoms with Crippen molar-refractivity contribution in [3.05, 3.63) is 58.3 Å². The molecule has 2 aliphatic rings. The van der Waals surface area contributed by atoms with Crippen molar-refractivity contribution >= 4 is 29.2 Å². The summed E-state index contributed by atoms with van der Waals surface area (Å²) in [5, 5.41) is 27.5. The molecule has 0 bridgehead atoms. The summed E-state index contributed by atoms with van der Waals surface area (Å²) in [7, 11) is 0. The fourth-order valence-electron chi connectivity index (χ4n) is 5.13. The highest BCUT2D eigenvalue weighted by Crippen LogP contribution is 2.34. The van der Waals surface area contributed by atoms with E-state index in [0.29, 0.717) is 49.4 Å². The Morgan fingerprint density at radius 2 is 2.07 bits per heavy atom. The first kappa shape index (κ1) is 28.7. The van der Waals surface area contributed by atoms with Crippen molar-refractivity contribution in [2.45, 2.75) is 51.5 Å². The Bertz CT molecular complexity index is 1350. The Balaban J connectivity index is 1.07. The van der Waals surface area contributed by atoms with Crippen LogP contribution in [0.5, 0.6) is 5.75 Å². The summed E-state index contributed by atoms with van der Waals surface area (Å²) in [6.45, 7) is 5.11. The van der Waals surface area contributed by atoms with E-state index in [1.165, 1.54) is 6.33 Å². The van der Waals surface area contributed by atoms with Crippen LogP contribution in [0.2, 0.25) is 5.02 Å². The second-order valence-corrected chi connectivity index (χ2v) is 10.7. The van der Waals surface area contributed by atoms with Crippen LogP contribution in [0.25, 0.3) is 0 Å². The van der Waals surface area contributed by atoms with Gasteiger partial charge in [-0.1, -0.05) is 22.9 Å². The molecule has 0 aliphatic carbocycles. The quantitative estimate of drug-likeness (QED) is 0.274. The Morgan fingerprint density at radius 1 is 1.24 bits per heavy atom. The van der Waals surface area contributed by atoms with Crippen LogP contribution in [-0.4, -0.2) is 97.0 Å². The predicted octanol–water partition coefficient (Wildman–Crippen LogP) is 1.40. The first-order chi connectivity index (χ1) is 19.9. The highest BCUT2D eigenvalue weighted by atomic mass is 35.5. The number of nitrogens with one attached hydrogen (secondary N) is 3. The maximum absolute atomic E-state index is 12.7. The van der Waals surface area contributed by atoms with Gasteiger partial charge in [0.2, 0.25) is 5.91 Å². The van der Waals surface area contributed by atoms with E-state index in [4.69, 9.17) is 16.3 Å². The smallest absolute Gasteiger partial charge is 0.270 e. The van der Waals surface area contributed by atoms with E-state index in [2.05, 4.69) is 40.9 Å². The van der Waals surface area contributed by atoms with Crippen LogP contribution in [0.4, 0.5) is 5.82 Å². The van der Waals surface area contributed by atoms with Gasteiger partial charge in [0.05, 0.1) is 23.0 Å². The summed E-state index contributed by atoms with van der Waals surface area (Å²) >= 11 is 6.64. The maximum atomic E-state index is 12.7. The molecule has 0 saturated carbocycles. The maximum Gasteiger partial charge on any atom is 0.270 e. The molecule has 0 spiro atoms. The van der Waals surface area contributed by atoms with Crippen LogP contribution in [-0.2, 0) is 24.4 Å². The van der Waals surface area contributed by atoms with E-state index in [1.54, 1.807) is 19.2 Å². The summed E-state index contributed by atoms with van der Waals surface area (Å²) in [5.41, 5.74) is 3.11. The molecule has 0 unspecified atom stereocenters. The second kappa shape index (κ2) is 13.2. The highest BCUT2D eigenvalue weighted by Gasteiger charge is 2.24. The third kappa shape index (κ3) is 7.48. The van der Waals surface area contributed by atoms with Crippen molar-refractivity contribution in [2.75, 3.05) is 38.0 Å². The summed E-state index contributed by atoms with van der Waals surface area (Å²) in [4.78, 5) is 36.6. The average Bonchev–Trinajstić information content (AvgIpc) is 3.50. The number of amides is 2. The number of aromatic nitrogens is 5.